The van der Waals surface area contributed by atoms with Gasteiger partial charge in [-0.25, -0.2) is 14.4 Å². The van der Waals surface area contributed by atoms with Gasteiger partial charge in [0.15, 0.2) is 17.7 Å². The van der Waals surface area contributed by atoms with Gasteiger partial charge in [0.2, 0.25) is 0 Å². The lowest BCUT2D eigenvalue weighted by Crippen LogP contribution is -2.54. The van der Waals surface area contributed by atoms with Gasteiger partial charge in [0, 0.05) is 18.3 Å². The zero-order chi connectivity index (χ0) is 21.0. The molecule has 0 radical (unpaired) electrons. The lowest BCUT2D eigenvalue weighted by molar-refractivity contribution is -0.0570. The fraction of sp³-hybridized carbons (Fsp3) is 0.700. The SMILES string of the molecule is CN1CCC2(CCCN2C[C@H]2O[C@@H](n3cc(F)c4c(N)ncnc43)[C@H](O)[C@@H]2O)CC1. The molecule has 4 N–H and O–H groups in total. The Morgan fingerprint density at radius 2 is 1.97 bits per heavy atom. The van der Waals surface area contributed by atoms with Crippen LogP contribution < -0.4 is 5.73 Å². The van der Waals surface area contributed by atoms with E-state index in [0.717, 1.165) is 45.3 Å². The number of anilines is 1. The summed E-state index contributed by atoms with van der Waals surface area (Å²) in [4.78, 5) is 12.7. The molecule has 0 unspecified atom stereocenters. The molecular weight excluding hydrogens is 391 g/mol. The average Bonchev–Trinajstić information content (AvgIpc) is 3.36. The summed E-state index contributed by atoms with van der Waals surface area (Å²) in [5.74, 6) is -0.552. The van der Waals surface area contributed by atoms with E-state index in [1.165, 1.54) is 17.1 Å². The van der Waals surface area contributed by atoms with Crippen molar-refractivity contribution < 1.29 is 19.3 Å². The molecule has 3 saturated heterocycles. The van der Waals surface area contributed by atoms with Crippen molar-refractivity contribution in [3.05, 3.63) is 18.3 Å². The maximum atomic E-state index is 14.4. The summed E-state index contributed by atoms with van der Waals surface area (Å²) >= 11 is 0. The van der Waals surface area contributed by atoms with E-state index in [2.05, 4.69) is 26.8 Å². The second kappa shape index (κ2) is 7.38. The highest BCUT2D eigenvalue weighted by Crippen LogP contribution is 2.40. The number of aromatic nitrogens is 3. The Balaban J connectivity index is 1.38. The first-order valence-electron chi connectivity index (χ1n) is 10.6. The Morgan fingerprint density at radius 1 is 1.20 bits per heavy atom. The van der Waals surface area contributed by atoms with E-state index in [1.807, 2.05) is 0 Å². The summed E-state index contributed by atoms with van der Waals surface area (Å²) in [6, 6.07) is 0. The maximum Gasteiger partial charge on any atom is 0.164 e. The molecule has 30 heavy (non-hydrogen) atoms. The van der Waals surface area contributed by atoms with Gasteiger partial charge in [0.25, 0.3) is 0 Å². The molecule has 0 aromatic carbocycles. The molecule has 5 rings (SSSR count). The molecule has 4 atom stereocenters. The number of hydrogen-bond donors (Lipinski definition) is 3. The minimum Gasteiger partial charge on any atom is -0.387 e. The lowest BCUT2D eigenvalue weighted by atomic mass is 9.85. The van der Waals surface area contributed by atoms with Crippen LogP contribution in [0, 0.1) is 5.82 Å². The van der Waals surface area contributed by atoms with E-state index in [9.17, 15) is 14.6 Å². The van der Waals surface area contributed by atoms with Crippen LogP contribution in [0.15, 0.2) is 12.5 Å². The molecule has 0 aliphatic carbocycles. The first kappa shape index (κ1) is 20.1. The first-order chi connectivity index (χ1) is 14.4. The summed E-state index contributed by atoms with van der Waals surface area (Å²) in [7, 11) is 2.15. The average molecular weight is 420 g/mol. The molecule has 0 bridgehead atoms. The maximum absolute atomic E-state index is 14.4. The van der Waals surface area contributed by atoms with Gasteiger partial charge in [-0.3, -0.25) is 4.90 Å². The third-order valence-corrected chi connectivity index (χ3v) is 7.26. The van der Waals surface area contributed by atoms with Crippen molar-refractivity contribution in [2.24, 2.45) is 0 Å². The van der Waals surface area contributed by atoms with E-state index in [-0.39, 0.29) is 22.4 Å². The number of ether oxygens (including phenoxy) is 1. The van der Waals surface area contributed by atoms with Crippen LogP contribution in [-0.2, 0) is 4.74 Å². The van der Waals surface area contributed by atoms with Crippen LogP contribution in [0.2, 0.25) is 0 Å². The van der Waals surface area contributed by atoms with E-state index < -0.39 is 30.4 Å². The monoisotopic (exact) mass is 420 g/mol. The van der Waals surface area contributed by atoms with Crippen LogP contribution in [0.4, 0.5) is 10.2 Å². The van der Waals surface area contributed by atoms with Gasteiger partial charge in [0.05, 0.1) is 5.39 Å². The molecule has 2 aromatic heterocycles. The topological polar surface area (TPSA) is 113 Å². The van der Waals surface area contributed by atoms with Gasteiger partial charge in [-0.15, -0.1) is 0 Å². The minimum atomic E-state index is -1.20. The molecule has 3 aliphatic rings. The number of nitrogen functional groups attached to an aromatic ring is 1. The summed E-state index contributed by atoms with van der Waals surface area (Å²) in [6.45, 7) is 3.62. The van der Waals surface area contributed by atoms with Crippen molar-refractivity contribution in [1.82, 2.24) is 24.3 Å². The number of piperidine rings is 1. The van der Waals surface area contributed by atoms with Gasteiger partial charge in [-0.05, 0) is 52.4 Å². The Hall–Kier alpha value is -1.85. The Labute approximate surface area is 174 Å². The van der Waals surface area contributed by atoms with Crippen molar-refractivity contribution in [3.8, 4) is 0 Å². The van der Waals surface area contributed by atoms with Crippen molar-refractivity contribution in [1.29, 1.82) is 0 Å². The quantitative estimate of drug-likeness (QED) is 0.651. The van der Waals surface area contributed by atoms with Gasteiger partial charge in [0.1, 0.15) is 30.5 Å². The Bertz CT molecular complexity index is 931. The Morgan fingerprint density at radius 3 is 2.73 bits per heavy atom. The predicted octanol–water partition coefficient (Wildman–Crippen LogP) is 0.332. The zero-order valence-electron chi connectivity index (χ0n) is 17.1. The standard InChI is InChI=1S/C20H29FN6O3/c1-25-7-4-20(5-8-25)3-2-6-26(20)10-13-15(28)16(29)19(30-13)27-9-12(21)14-17(22)23-11-24-18(14)27/h9,11,13,15-16,19,28-29H,2-8,10H2,1H3,(H2,22,23,24)/t13-,15-,16-,19-/m1/s1. The highest BCUT2D eigenvalue weighted by molar-refractivity contribution is 5.86. The van der Waals surface area contributed by atoms with Crippen LogP contribution in [0.25, 0.3) is 11.0 Å². The third-order valence-electron chi connectivity index (χ3n) is 7.26. The lowest BCUT2D eigenvalue weighted by Gasteiger charge is -2.45. The summed E-state index contributed by atoms with van der Waals surface area (Å²) in [5, 5.41) is 21.5. The Kier molecular flexibility index (Phi) is 4.94. The smallest absolute Gasteiger partial charge is 0.164 e. The number of fused-ring (bicyclic) bond motifs is 1. The largest absolute Gasteiger partial charge is 0.387 e. The molecule has 10 heteroatoms. The van der Waals surface area contributed by atoms with Crippen LogP contribution in [-0.4, -0.2) is 91.6 Å². The van der Waals surface area contributed by atoms with Gasteiger partial charge >= 0.3 is 0 Å². The molecule has 1 spiro atoms. The van der Waals surface area contributed by atoms with Crippen molar-refractivity contribution in [3.63, 3.8) is 0 Å². The molecule has 3 fully saturated rings. The van der Waals surface area contributed by atoms with Crippen LogP contribution >= 0.6 is 0 Å². The van der Waals surface area contributed by atoms with Crippen LogP contribution in [0.1, 0.15) is 31.9 Å². The molecule has 9 nitrogen and oxygen atoms in total. The first-order valence-corrected chi connectivity index (χ1v) is 10.6. The number of nitrogens with zero attached hydrogens (tertiary/aromatic N) is 5. The van der Waals surface area contributed by atoms with E-state index >= 15 is 0 Å². The highest BCUT2D eigenvalue weighted by Gasteiger charge is 2.49. The minimum absolute atomic E-state index is 0.0297. The fourth-order valence-electron chi connectivity index (χ4n) is 5.46. The molecular formula is C20H29FN6O3. The second-order valence-corrected chi connectivity index (χ2v) is 8.97. The third kappa shape index (κ3) is 3.09. The zero-order valence-corrected chi connectivity index (χ0v) is 17.1. The van der Waals surface area contributed by atoms with Crippen molar-refractivity contribution in [2.45, 2.75) is 55.8 Å². The summed E-state index contributed by atoms with van der Waals surface area (Å²) in [5.41, 5.74) is 6.17. The van der Waals surface area contributed by atoms with Crippen molar-refractivity contribution >= 4 is 16.9 Å². The number of nitrogens with two attached hydrogens (primary N) is 1. The summed E-state index contributed by atoms with van der Waals surface area (Å²) < 4.78 is 21.9. The molecule has 164 valence electrons. The summed E-state index contributed by atoms with van der Waals surface area (Å²) in [6.07, 6.45) is 3.15. The number of aliphatic hydroxyl groups excluding tert-OH is 2. The van der Waals surface area contributed by atoms with E-state index in [1.54, 1.807) is 0 Å². The number of hydrogen-bond acceptors (Lipinski definition) is 8. The van der Waals surface area contributed by atoms with Gasteiger partial charge in [-0.1, -0.05) is 0 Å². The number of rotatable bonds is 3. The van der Waals surface area contributed by atoms with Crippen LogP contribution in [0.5, 0.6) is 0 Å². The molecule has 3 aliphatic heterocycles. The second-order valence-electron chi connectivity index (χ2n) is 8.97. The fourth-order valence-corrected chi connectivity index (χ4v) is 5.46. The molecule has 0 saturated carbocycles. The van der Waals surface area contributed by atoms with E-state index in [4.69, 9.17) is 10.5 Å². The molecule has 0 amide bonds. The number of aliphatic hydroxyl groups is 2. The number of halogens is 1. The van der Waals surface area contributed by atoms with E-state index in [0.29, 0.717) is 6.54 Å². The molecule has 2 aromatic rings. The normalized spacial score (nSPS) is 32.5. The van der Waals surface area contributed by atoms with Crippen molar-refractivity contribution in [2.75, 3.05) is 39.0 Å². The predicted molar refractivity (Wildman–Crippen MR) is 108 cm³/mol. The number of likely N-dealkylation sites (tertiary alicyclic amines) is 2. The van der Waals surface area contributed by atoms with Gasteiger partial charge < -0.3 is 30.2 Å². The van der Waals surface area contributed by atoms with Crippen LogP contribution in [0.3, 0.4) is 0 Å². The molecule has 5 heterocycles. The van der Waals surface area contributed by atoms with Gasteiger partial charge in [-0.2, -0.15) is 0 Å². The highest BCUT2D eigenvalue weighted by atomic mass is 19.1.